The maximum Gasteiger partial charge on any atom is 0.256 e. The molecule has 5 nitrogen and oxygen atoms in total. The summed E-state index contributed by atoms with van der Waals surface area (Å²) < 4.78 is 39.8. The fraction of sp³-hybridized carbons (Fsp3) is 0.235. The van der Waals surface area contributed by atoms with E-state index in [1.54, 1.807) is 13.8 Å². The summed E-state index contributed by atoms with van der Waals surface area (Å²) in [7, 11) is -3.53. The Balaban J connectivity index is 2.19. The third-order valence-electron chi connectivity index (χ3n) is 3.63. The van der Waals surface area contributed by atoms with Crippen molar-refractivity contribution in [1.82, 2.24) is 4.31 Å². The summed E-state index contributed by atoms with van der Waals surface area (Å²) in [6.45, 7) is 4.33. The highest BCUT2D eigenvalue weighted by Crippen LogP contribution is 2.20. The van der Waals surface area contributed by atoms with Crippen molar-refractivity contribution in [2.45, 2.75) is 18.7 Å². The third kappa shape index (κ3) is 4.56. The first-order valence-corrected chi connectivity index (χ1v) is 10.2. The van der Waals surface area contributed by atoms with Gasteiger partial charge in [-0.3, -0.25) is 4.79 Å². The molecule has 2 aromatic carbocycles. The van der Waals surface area contributed by atoms with Crippen LogP contribution >= 0.6 is 22.6 Å². The number of sulfonamides is 1. The van der Waals surface area contributed by atoms with E-state index in [4.69, 9.17) is 0 Å². The average Bonchev–Trinajstić information content (AvgIpc) is 2.56. The quantitative estimate of drug-likeness (QED) is 0.647. The lowest BCUT2D eigenvalue weighted by molar-refractivity contribution is 0.102. The number of hydrogen-bond acceptors (Lipinski definition) is 3. The van der Waals surface area contributed by atoms with E-state index in [2.05, 4.69) is 5.32 Å². The molecule has 0 aromatic heterocycles. The second-order valence-corrected chi connectivity index (χ2v) is 8.29. The van der Waals surface area contributed by atoms with E-state index in [9.17, 15) is 17.6 Å². The maximum atomic E-state index is 13.1. The first-order valence-electron chi connectivity index (χ1n) is 7.66. The lowest BCUT2D eigenvalue weighted by Crippen LogP contribution is -2.30. The van der Waals surface area contributed by atoms with Gasteiger partial charge in [-0.15, -0.1) is 0 Å². The van der Waals surface area contributed by atoms with Crippen LogP contribution in [0.2, 0.25) is 0 Å². The number of carbonyl (C=O) groups is 1. The minimum Gasteiger partial charge on any atom is -0.322 e. The van der Waals surface area contributed by atoms with Crippen LogP contribution in [0.5, 0.6) is 0 Å². The van der Waals surface area contributed by atoms with Gasteiger partial charge in [0.05, 0.1) is 10.5 Å². The van der Waals surface area contributed by atoms with Gasteiger partial charge in [0.15, 0.2) is 0 Å². The zero-order valence-electron chi connectivity index (χ0n) is 13.8. The highest BCUT2D eigenvalue weighted by molar-refractivity contribution is 14.1. The Hall–Kier alpha value is -1.52. The van der Waals surface area contributed by atoms with Gasteiger partial charge in [0.1, 0.15) is 5.82 Å². The highest BCUT2D eigenvalue weighted by atomic mass is 127. The molecular weight excluding hydrogens is 458 g/mol. The Morgan fingerprint density at radius 1 is 1.12 bits per heavy atom. The molecule has 1 amide bonds. The van der Waals surface area contributed by atoms with Crippen molar-refractivity contribution >= 4 is 44.2 Å². The topological polar surface area (TPSA) is 66.5 Å². The van der Waals surface area contributed by atoms with Gasteiger partial charge in [-0.2, -0.15) is 4.31 Å². The molecule has 0 bridgehead atoms. The minimum atomic E-state index is -3.53. The zero-order chi connectivity index (χ0) is 18.6. The van der Waals surface area contributed by atoms with Crippen molar-refractivity contribution in [3.8, 4) is 0 Å². The molecule has 134 valence electrons. The number of nitrogens with zero attached hydrogens (tertiary/aromatic N) is 1. The van der Waals surface area contributed by atoms with Gasteiger partial charge in [-0.1, -0.05) is 13.8 Å². The van der Waals surface area contributed by atoms with E-state index in [1.807, 2.05) is 22.6 Å². The highest BCUT2D eigenvalue weighted by Gasteiger charge is 2.21. The molecule has 0 unspecified atom stereocenters. The van der Waals surface area contributed by atoms with Gasteiger partial charge < -0.3 is 5.32 Å². The number of nitrogens with one attached hydrogen (secondary N) is 1. The Morgan fingerprint density at radius 2 is 1.72 bits per heavy atom. The lowest BCUT2D eigenvalue weighted by atomic mass is 10.2. The fourth-order valence-corrected chi connectivity index (χ4v) is 4.48. The van der Waals surface area contributed by atoms with Crippen molar-refractivity contribution in [3.63, 3.8) is 0 Å². The van der Waals surface area contributed by atoms with Gasteiger partial charge >= 0.3 is 0 Å². The fourth-order valence-electron chi connectivity index (χ4n) is 2.29. The van der Waals surface area contributed by atoms with Gasteiger partial charge in [-0.25, -0.2) is 12.8 Å². The van der Waals surface area contributed by atoms with Crippen molar-refractivity contribution in [3.05, 3.63) is 57.4 Å². The third-order valence-corrected chi connectivity index (χ3v) is 6.59. The van der Waals surface area contributed by atoms with Crippen molar-refractivity contribution < 1.29 is 17.6 Å². The molecule has 25 heavy (non-hydrogen) atoms. The number of amides is 1. The maximum absolute atomic E-state index is 13.1. The molecule has 0 aliphatic rings. The molecule has 0 saturated carbocycles. The summed E-state index contributed by atoms with van der Waals surface area (Å²) in [6.07, 6.45) is 0. The Kier molecular flexibility index (Phi) is 6.53. The molecular formula is C17H18FIN2O3S. The molecule has 0 aliphatic heterocycles. The summed E-state index contributed by atoms with van der Waals surface area (Å²) in [6, 6.07) is 9.88. The van der Waals surface area contributed by atoms with E-state index < -0.39 is 15.8 Å². The SMILES string of the molecule is CCN(CC)S(=O)(=O)c1ccc(NC(=O)c2ccc(F)cc2I)cc1. The number of anilines is 1. The molecule has 8 heteroatoms. The Labute approximate surface area is 160 Å². The summed E-state index contributed by atoms with van der Waals surface area (Å²) in [5.41, 5.74) is 0.811. The van der Waals surface area contributed by atoms with Gasteiger partial charge in [0.25, 0.3) is 5.91 Å². The number of benzene rings is 2. The van der Waals surface area contributed by atoms with Gasteiger partial charge in [-0.05, 0) is 65.1 Å². The van der Waals surface area contributed by atoms with Crippen LogP contribution in [0.25, 0.3) is 0 Å². The molecule has 1 N–H and O–H groups in total. The molecule has 0 aliphatic carbocycles. The van der Waals surface area contributed by atoms with Crippen LogP contribution in [-0.4, -0.2) is 31.7 Å². The first kappa shape index (κ1) is 19.8. The van der Waals surface area contributed by atoms with Crippen LogP contribution in [0, 0.1) is 9.39 Å². The Bertz CT molecular complexity index is 866. The minimum absolute atomic E-state index is 0.172. The van der Waals surface area contributed by atoms with Gasteiger partial charge in [0, 0.05) is 22.3 Å². The predicted octanol–water partition coefficient (Wildman–Crippen LogP) is 3.71. The standard InChI is InChI=1S/C17H18FIN2O3S/c1-3-21(4-2)25(23,24)14-8-6-13(7-9-14)20-17(22)15-10-5-12(18)11-16(15)19/h5-11H,3-4H2,1-2H3,(H,20,22). The monoisotopic (exact) mass is 476 g/mol. The molecule has 0 atom stereocenters. The molecule has 0 fully saturated rings. The van der Waals surface area contributed by atoms with E-state index >= 15 is 0 Å². The van der Waals surface area contributed by atoms with E-state index in [-0.39, 0.29) is 10.8 Å². The molecule has 2 rings (SSSR count). The zero-order valence-corrected chi connectivity index (χ0v) is 16.8. The second-order valence-electron chi connectivity index (χ2n) is 5.19. The Morgan fingerprint density at radius 3 is 2.24 bits per heavy atom. The molecule has 2 aromatic rings. The van der Waals surface area contributed by atoms with Crippen LogP contribution in [-0.2, 0) is 10.0 Å². The van der Waals surface area contributed by atoms with Crippen LogP contribution in [0.15, 0.2) is 47.4 Å². The van der Waals surface area contributed by atoms with Crippen LogP contribution in [0.3, 0.4) is 0 Å². The summed E-state index contributed by atoms with van der Waals surface area (Å²) >= 11 is 1.89. The number of hydrogen-bond donors (Lipinski definition) is 1. The molecule has 0 saturated heterocycles. The average molecular weight is 476 g/mol. The number of halogens is 2. The van der Waals surface area contributed by atoms with E-state index in [0.29, 0.717) is 27.9 Å². The predicted molar refractivity (Wildman–Crippen MR) is 104 cm³/mol. The van der Waals surface area contributed by atoms with Crippen molar-refractivity contribution in [2.75, 3.05) is 18.4 Å². The van der Waals surface area contributed by atoms with E-state index in [0.717, 1.165) is 0 Å². The number of carbonyl (C=O) groups excluding carboxylic acids is 1. The summed E-state index contributed by atoms with van der Waals surface area (Å²) in [5.74, 6) is -0.796. The second kappa shape index (κ2) is 8.24. The van der Waals surface area contributed by atoms with Crippen LogP contribution in [0.4, 0.5) is 10.1 Å². The first-order chi connectivity index (χ1) is 11.8. The lowest BCUT2D eigenvalue weighted by Gasteiger charge is -2.18. The number of rotatable bonds is 6. The van der Waals surface area contributed by atoms with Crippen LogP contribution < -0.4 is 5.32 Å². The normalized spacial score (nSPS) is 11.6. The van der Waals surface area contributed by atoms with Crippen molar-refractivity contribution in [1.29, 1.82) is 0 Å². The van der Waals surface area contributed by atoms with Crippen molar-refractivity contribution in [2.24, 2.45) is 0 Å². The van der Waals surface area contributed by atoms with Crippen LogP contribution in [0.1, 0.15) is 24.2 Å². The molecule has 0 heterocycles. The largest absolute Gasteiger partial charge is 0.322 e. The molecule has 0 radical (unpaired) electrons. The summed E-state index contributed by atoms with van der Waals surface area (Å²) in [5, 5.41) is 2.68. The smallest absolute Gasteiger partial charge is 0.256 e. The van der Waals surface area contributed by atoms with E-state index in [1.165, 1.54) is 46.8 Å². The molecule has 0 spiro atoms. The summed E-state index contributed by atoms with van der Waals surface area (Å²) in [4.78, 5) is 12.4. The van der Waals surface area contributed by atoms with Gasteiger partial charge in [0.2, 0.25) is 10.0 Å².